The maximum Gasteiger partial charge on any atom is 0.225 e. The molecule has 0 spiro atoms. The Balaban J connectivity index is 2.29. The van der Waals surface area contributed by atoms with E-state index in [0.717, 1.165) is 25.9 Å². The number of hydrogen-bond acceptors (Lipinski definition) is 5. The van der Waals surface area contributed by atoms with Crippen LogP contribution in [0.15, 0.2) is 12.3 Å². The molecule has 0 amide bonds. The summed E-state index contributed by atoms with van der Waals surface area (Å²) in [6.07, 6.45) is 3.77. The number of hydrogen-bond donors (Lipinski definition) is 1. The average Bonchev–Trinajstić information content (AvgIpc) is 2.41. The van der Waals surface area contributed by atoms with E-state index in [1.165, 1.54) is 0 Å². The summed E-state index contributed by atoms with van der Waals surface area (Å²) in [7, 11) is 2.14. The lowest BCUT2D eigenvalue weighted by atomic mass is 10.3. The quantitative estimate of drug-likeness (QED) is 0.696. The molecule has 1 aromatic heterocycles. The highest BCUT2D eigenvalue weighted by molar-refractivity contribution is 5.27. The molecule has 1 aromatic rings. The zero-order valence-corrected chi connectivity index (χ0v) is 12.5. The Hall–Kier alpha value is -1.36. The second-order valence-corrected chi connectivity index (χ2v) is 4.92. The fourth-order valence-electron chi connectivity index (χ4n) is 1.50. The number of nitrogens with zero attached hydrogens (tertiary/aromatic N) is 3. The topological polar surface area (TPSA) is 50.3 Å². The molecular weight excluding hydrogens is 240 g/mol. The first-order valence-electron chi connectivity index (χ1n) is 7.03. The summed E-state index contributed by atoms with van der Waals surface area (Å²) in [5, 5.41) is 3.23. The van der Waals surface area contributed by atoms with Crippen LogP contribution in [-0.4, -0.2) is 47.7 Å². The maximum absolute atomic E-state index is 5.47. The second-order valence-electron chi connectivity index (χ2n) is 4.92. The van der Waals surface area contributed by atoms with Gasteiger partial charge in [-0.05, 0) is 40.3 Å². The molecule has 0 aliphatic carbocycles. The monoisotopic (exact) mass is 266 g/mol. The van der Waals surface area contributed by atoms with Crippen molar-refractivity contribution in [2.45, 2.75) is 39.7 Å². The molecule has 1 N–H and O–H groups in total. The van der Waals surface area contributed by atoms with Crippen LogP contribution in [0.2, 0.25) is 0 Å². The molecule has 0 unspecified atom stereocenters. The molecule has 0 aromatic carbocycles. The van der Waals surface area contributed by atoms with Crippen molar-refractivity contribution in [2.24, 2.45) is 0 Å². The molecule has 0 fully saturated rings. The third kappa shape index (κ3) is 6.38. The molecule has 0 atom stereocenters. The van der Waals surface area contributed by atoms with Crippen LogP contribution < -0.4 is 10.1 Å². The maximum atomic E-state index is 5.47. The highest BCUT2D eigenvalue weighted by Crippen LogP contribution is 2.08. The van der Waals surface area contributed by atoms with Crippen molar-refractivity contribution in [1.29, 1.82) is 0 Å². The summed E-state index contributed by atoms with van der Waals surface area (Å²) in [5.74, 6) is 1.28. The molecule has 1 rings (SSSR count). The third-order valence-corrected chi connectivity index (χ3v) is 2.94. The molecule has 5 heteroatoms. The van der Waals surface area contributed by atoms with Gasteiger partial charge in [0.05, 0.1) is 6.61 Å². The molecule has 0 saturated heterocycles. The minimum absolute atomic E-state index is 0.585. The minimum atomic E-state index is 0.585. The van der Waals surface area contributed by atoms with Crippen molar-refractivity contribution >= 4 is 5.95 Å². The minimum Gasteiger partial charge on any atom is -0.478 e. The smallest absolute Gasteiger partial charge is 0.225 e. The molecule has 0 aliphatic heterocycles. The first-order chi connectivity index (χ1) is 9.13. The van der Waals surface area contributed by atoms with Crippen LogP contribution in [0.25, 0.3) is 0 Å². The fraction of sp³-hybridized carbons (Fsp3) is 0.714. The number of anilines is 1. The predicted octanol–water partition coefficient (Wildman–Crippen LogP) is 2.41. The SMILES string of the molecule is CCCOc1ccnc(NCCCN(C)C(C)C)n1. The van der Waals surface area contributed by atoms with Crippen molar-refractivity contribution in [1.82, 2.24) is 14.9 Å². The molecule has 0 aliphatic rings. The Morgan fingerprint density at radius 1 is 1.42 bits per heavy atom. The van der Waals surface area contributed by atoms with Crippen molar-refractivity contribution in [2.75, 3.05) is 32.1 Å². The van der Waals surface area contributed by atoms with Gasteiger partial charge >= 0.3 is 0 Å². The average molecular weight is 266 g/mol. The van der Waals surface area contributed by atoms with Gasteiger partial charge in [0.1, 0.15) is 0 Å². The van der Waals surface area contributed by atoms with Gasteiger partial charge in [0.25, 0.3) is 0 Å². The van der Waals surface area contributed by atoms with Gasteiger partial charge in [0.2, 0.25) is 11.8 Å². The first kappa shape index (κ1) is 15.7. The molecule has 19 heavy (non-hydrogen) atoms. The first-order valence-corrected chi connectivity index (χ1v) is 7.03. The lowest BCUT2D eigenvalue weighted by molar-refractivity contribution is 0.273. The number of aromatic nitrogens is 2. The van der Waals surface area contributed by atoms with Crippen LogP contribution in [0.5, 0.6) is 5.88 Å². The highest BCUT2D eigenvalue weighted by atomic mass is 16.5. The zero-order valence-electron chi connectivity index (χ0n) is 12.5. The van der Waals surface area contributed by atoms with Crippen molar-refractivity contribution in [3.8, 4) is 5.88 Å². The van der Waals surface area contributed by atoms with E-state index in [2.05, 4.69) is 48.0 Å². The summed E-state index contributed by atoms with van der Waals surface area (Å²) in [6.45, 7) is 9.10. The summed E-state index contributed by atoms with van der Waals surface area (Å²) in [5.41, 5.74) is 0. The van der Waals surface area contributed by atoms with Crippen LogP contribution in [0.1, 0.15) is 33.6 Å². The Bertz CT molecular complexity index is 357. The Kier molecular flexibility index (Phi) is 7.18. The van der Waals surface area contributed by atoms with Crippen LogP contribution in [0, 0.1) is 0 Å². The van der Waals surface area contributed by atoms with Gasteiger partial charge < -0.3 is 15.0 Å². The van der Waals surface area contributed by atoms with Gasteiger partial charge in [-0.15, -0.1) is 0 Å². The summed E-state index contributed by atoms with van der Waals surface area (Å²) in [6, 6.07) is 2.37. The van der Waals surface area contributed by atoms with E-state index in [9.17, 15) is 0 Å². The van der Waals surface area contributed by atoms with Crippen LogP contribution in [0.4, 0.5) is 5.95 Å². The normalized spacial score (nSPS) is 11.1. The lowest BCUT2D eigenvalue weighted by Crippen LogP contribution is -2.28. The largest absolute Gasteiger partial charge is 0.478 e. The van der Waals surface area contributed by atoms with Gasteiger partial charge in [0.15, 0.2) is 0 Å². The van der Waals surface area contributed by atoms with Gasteiger partial charge in [-0.3, -0.25) is 0 Å². The number of rotatable bonds is 9. The summed E-state index contributed by atoms with van der Waals surface area (Å²) >= 11 is 0. The second kappa shape index (κ2) is 8.69. The van der Waals surface area contributed by atoms with Crippen molar-refractivity contribution in [3.63, 3.8) is 0 Å². The van der Waals surface area contributed by atoms with E-state index in [4.69, 9.17) is 4.74 Å². The third-order valence-electron chi connectivity index (χ3n) is 2.94. The van der Waals surface area contributed by atoms with Crippen molar-refractivity contribution < 1.29 is 4.74 Å². The van der Waals surface area contributed by atoms with Crippen LogP contribution >= 0.6 is 0 Å². The van der Waals surface area contributed by atoms with E-state index in [1.807, 2.05) is 0 Å². The predicted molar refractivity (Wildman–Crippen MR) is 78.7 cm³/mol. The lowest BCUT2D eigenvalue weighted by Gasteiger charge is -2.20. The fourth-order valence-corrected chi connectivity index (χ4v) is 1.50. The van der Waals surface area contributed by atoms with E-state index >= 15 is 0 Å². The van der Waals surface area contributed by atoms with E-state index < -0.39 is 0 Å². The van der Waals surface area contributed by atoms with Gasteiger partial charge in [-0.25, -0.2) is 4.98 Å². The van der Waals surface area contributed by atoms with Crippen LogP contribution in [0.3, 0.4) is 0 Å². The standard InChI is InChI=1S/C14H26N4O/c1-5-11-19-13-7-9-16-14(17-13)15-8-6-10-18(4)12(2)3/h7,9,12H,5-6,8,10-11H2,1-4H3,(H,15,16,17). The Morgan fingerprint density at radius 3 is 2.89 bits per heavy atom. The van der Waals surface area contributed by atoms with E-state index in [1.54, 1.807) is 12.3 Å². The highest BCUT2D eigenvalue weighted by Gasteiger charge is 2.03. The molecule has 0 radical (unpaired) electrons. The molecule has 108 valence electrons. The molecule has 0 bridgehead atoms. The van der Waals surface area contributed by atoms with Crippen molar-refractivity contribution in [3.05, 3.63) is 12.3 Å². The van der Waals surface area contributed by atoms with E-state index in [-0.39, 0.29) is 0 Å². The number of nitrogens with one attached hydrogen (secondary N) is 1. The zero-order chi connectivity index (χ0) is 14.1. The summed E-state index contributed by atoms with van der Waals surface area (Å²) in [4.78, 5) is 10.8. The molecule has 5 nitrogen and oxygen atoms in total. The summed E-state index contributed by atoms with van der Waals surface area (Å²) < 4.78 is 5.47. The Morgan fingerprint density at radius 2 is 2.21 bits per heavy atom. The molecule has 0 saturated carbocycles. The van der Waals surface area contributed by atoms with Crippen LogP contribution in [-0.2, 0) is 0 Å². The van der Waals surface area contributed by atoms with Gasteiger partial charge in [-0.2, -0.15) is 4.98 Å². The Labute approximate surface area is 116 Å². The number of ether oxygens (including phenoxy) is 1. The van der Waals surface area contributed by atoms with E-state index in [0.29, 0.717) is 24.5 Å². The molecule has 1 heterocycles. The van der Waals surface area contributed by atoms with Gasteiger partial charge in [0, 0.05) is 24.8 Å². The molecular formula is C14H26N4O. The van der Waals surface area contributed by atoms with Gasteiger partial charge in [-0.1, -0.05) is 6.92 Å².